The maximum Gasteiger partial charge on any atom is 0.248 e. The van der Waals surface area contributed by atoms with Crippen LogP contribution in [0.25, 0.3) is 0 Å². The molecule has 2 aromatic rings. The summed E-state index contributed by atoms with van der Waals surface area (Å²) in [4.78, 5) is 45.5. The van der Waals surface area contributed by atoms with Gasteiger partial charge in [0.2, 0.25) is 17.7 Å². The standard InChI is InChI=1S/C33H43FN4O4.ClH/c1-3-4-19-37-31(41)29(30(40)25-7-5-6-8-25)35-32(42)33(37)17-20-36(21-18-33)22-24-9-13-27(14-10-24)38(23(2)39)28-15-11-26(34)12-16-28;/h9-16,25,29-30,40H,3-8,17-22H2,1-2H3,(H,35,42);1H/t29-,30-;/m1./s1. The van der Waals surface area contributed by atoms with Crippen molar-refractivity contribution in [2.24, 2.45) is 5.92 Å². The molecule has 2 heterocycles. The van der Waals surface area contributed by atoms with Crippen molar-refractivity contribution in [2.75, 3.05) is 24.5 Å². The highest BCUT2D eigenvalue weighted by Gasteiger charge is 2.55. The number of piperidine rings is 1. The van der Waals surface area contributed by atoms with Crippen LogP contribution >= 0.6 is 12.4 Å². The molecule has 8 nitrogen and oxygen atoms in total. The molecule has 2 aliphatic heterocycles. The first-order valence-corrected chi connectivity index (χ1v) is 15.4. The van der Waals surface area contributed by atoms with Gasteiger partial charge in [-0.05, 0) is 80.0 Å². The topological polar surface area (TPSA) is 93.2 Å². The van der Waals surface area contributed by atoms with Gasteiger partial charge in [-0.3, -0.25) is 24.2 Å². The summed E-state index contributed by atoms with van der Waals surface area (Å²) < 4.78 is 13.4. The fourth-order valence-corrected chi connectivity index (χ4v) is 6.97. The zero-order chi connectivity index (χ0) is 29.9. The first-order chi connectivity index (χ1) is 20.2. The van der Waals surface area contributed by atoms with Gasteiger partial charge in [-0.15, -0.1) is 12.4 Å². The molecule has 1 saturated carbocycles. The third-order valence-corrected chi connectivity index (χ3v) is 9.40. The Labute approximate surface area is 260 Å². The SMILES string of the molecule is CCCCN1C(=O)[C@@H]([C@H](O)C2CCCC2)NC(=O)C12CCN(Cc1ccc(N(C(C)=O)c3ccc(F)cc3)cc1)CC2.Cl. The Morgan fingerprint density at radius 2 is 1.63 bits per heavy atom. The Bertz CT molecular complexity index is 1260. The van der Waals surface area contributed by atoms with Crippen molar-refractivity contribution in [1.29, 1.82) is 0 Å². The highest BCUT2D eigenvalue weighted by molar-refractivity contribution is 6.00. The van der Waals surface area contributed by atoms with Gasteiger partial charge in [0.1, 0.15) is 17.4 Å². The number of hydrogen-bond acceptors (Lipinski definition) is 5. The summed E-state index contributed by atoms with van der Waals surface area (Å²) in [5, 5.41) is 14.0. The number of nitrogens with one attached hydrogen (secondary N) is 1. The highest BCUT2D eigenvalue weighted by Crippen LogP contribution is 2.37. The molecule has 5 rings (SSSR count). The minimum atomic E-state index is -0.879. The molecule has 10 heteroatoms. The fraction of sp³-hybridized carbons (Fsp3) is 0.545. The highest BCUT2D eigenvalue weighted by atomic mass is 35.5. The number of piperazine rings is 1. The summed E-state index contributed by atoms with van der Waals surface area (Å²) in [6.07, 6.45) is 5.90. The number of carbonyl (C=O) groups excluding carboxylic acids is 3. The van der Waals surface area contributed by atoms with Crippen molar-refractivity contribution in [3.8, 4) is 0 Å². The summed E-state index contributed by atoms with van der Waals surface area (Å²) >= 11 is 0. The molecule has 43 heavy (non-hydrogen) atoms. The minimum absolute atomic E-state index is 0. The van der Waals surface area contributed by atoms with Crippen LogP contribution in [0.4, 0.5) is 15.8 Å². The fourth-order valence-electron chi connectivity index (χ4n) is 6.97. The number of likely N-dealkylation sites (tertiary alicyclic amines) is 1. The van der Waals surface area contributed by atoms with Crippen LogP contribution in [-0.4, -0.2) is 69.9 Å². The molecule has 3 fully saturated rings. The van der Waals surface area contributed by atoms with Gasteiger partial charge in [0, 0.05) is 44.5 Å². The van der Waals surface area contributed by atoms with Gasteiger partial charge >= 0.3 is 0 Å². The Balaban J connectivity index is 0.00000423. The van der Waals surface area contributed by atoms with Gasteiger partial charge in [0.05, 0.1) is 6.10 Å². The van der Waals surface area contributed by atoms with E-state index < -0.39 is 17.7 Å². The lowest BCUT2D eigenvalue weighted by atomic mass is 9.80. The second-order valence-electron chi connectivity index (χ2n) is 12.1. The number of unbranched alkanes of at least 4 members (excludes halogenated alkanes) is 1. The number of carbonyl (C=O) groups is 3. The van der Waals surface area contributed by atoms with Crippen LogP contribution in [0, 0.1) is 11.7 Å². The van der Waals surface area contributed by atoms with Crippen LogP contribution in [-0.2, 0) is 20.9 Å². The first kappa shape index (κ1) is 32.9. The summed E-state index contributed by atoms with van der Waals surface area (Å²) in [7, 11) is 0. The van der Waals surface area contributed by atoms with E-state index in [1.54, 1.807) is 21.9 Å². The minimum Gasteiger partial charge on any atom is -0.390 e. The number of nitrogens with zero attached hydrogens (tertiary/aromatic N) is 3. The summed E-state index contributed by atoms with van der Waals surface area (Å²) in [5.41, 5.74) is 1.50. The number of anilines is 2. The van der Waals surface area contributed by atoms with E-state index in [2.05, 4.69) is 17.1 Å². The van der Waals surface area contributed by atoms with E-state index in [-0.39, 0.29) is 41.9 Å². The Kier molecular flexibility index (Phi) is 10.8. The Morgan fingerprint density at radius 1 is 1.05 bits per heavy atom. The zero-order valence-electron chi connectivity index (χ0n) is 25.1. The van der Waals surface area contributed by atoms with E-state index in [0.29, 0.717) is 50.4 Å². The summed E-state index contributed by atoms with van der Waals surface area (Å²) in [6, 6.07) is 12.7. The van der Waals surface area contributed by atoms with Crippen LogP contribution in [0.1, 0.15) is 70.8 Å². The number of hydrogen-bond donors (Lipinski definition) is 2. The van der Waals surface area contributed by atoms with Crippen molar-refractivity contribution in [1.82, 2.24) is 15.1 Å². The number of rotatable bonds is 9. The lowest BCUT2D eigenvalue weighted by molar-refractivity contribution is -0.165. The lowest BCUT2D eigenvalue weighted by Crippen LogP contribution is -2.75. The van der Waals surface area contributed by atoms with E-state index in [9.17, 15) is 23.9 Å². The van der Waals surface area contributed by atoms with E-state index in [1.807, 2.05) is 24.3 Å². The Hall–Kier alpha value is -3.01. The average Bonchev–Trinajstić information content (AvgIpc) is 3.53. The van der Waals surface area contributed by atoms with Gasteiger partial charge in [-0.1, -0.05) is 38.3 Å². The smallest absolute Gasteiger partial charge is 0.248 e. The van der Waals surface area contributed by atoms with Crippen molar-refractivity contribution in [3.05, 3.63) is 59.9 Å². The van der Waals surface area contributed by atoms with Crippen LogP contribution in [0.2, 0.25) is 0 Å². The second kappa shape index (κ2) is 14.2. The quantitative estimate of drug-likeness (QED) is 0.417. The van der Waals surface area contributed by atoms with Crippen molar-refractivity contribution in [2.45, 2.75) is 89.4 Å². The molecule has 2 N–H and O–H groups in total. The maximum absolute atomic E-state index is 13.8. The molecule has 1 spiro atoms. The number of amides is 3. The monoisotopic (exact) mass is 614 g/mol. The van der Waals surface area contributed by atoms with Crippen LogP contribution in [0.5, 0.6) is 0 Å². The third kappa shape index (κ3) is 6.89. The van der Waals surface area contributed by atoms with E-state index >= 15 is 0 Å². The molecule has 0 bridgehead atoms. The summed E-state index contributed by atoms with van der Waals surface area (Å²) in [6.45, 7) is 6.09. The number of aliphatic hydroxyl groups is 1. The maximum atomic E-state index is 13.8. The van der Waals surface area contributed by atoms with Gasteiger partial charge in [0.25, 0.3) is 0 Å². The molecule has 3 aliphatic rings. The molecule has 2 saturated heterocycles. The molecule has 0 unspecified atom stereocenters. The van der Waals surface area contributed by atoms with Gasteiger partial charge in [0.15, 0.2) is 0 Å². The number of halogens is 2. The Morgan fingerprint density at radius 3 is 2.19 bits per heavy atom. The average molecular weight is 615 g/mol. The normalized spacial score (nSPS) is 21.4. The van der Waals surface area contributed by atoms with Crippen molar-refractivity contribution >= 4 is 41.5 Å². The third-order valence-electron chi connectivity index (χ3n) is 9.40. The van der Waals surface area contributed by atoms with Crippen LogP contribution in [0.15, 0.2) is 48.5 Å². The van der Waals surface area contributed by atoms with Crippen molar-refractivity contribution in [3.63, 3.8) is 0 Å². The molecule has 2 atom stereocenters. The van der Waals surface area contributed by atoms with Crippen LogP contribution < -0.4 is 10.2 Å². The molecular weight excluding hydrogens is 571 g/mol. The van der Waals surface area contributed by atoms with Crippen molar-refractivity contribution < 1.29 is 23.9 Å². The second-order valence-corrected chi connectivity index (χ2v) is 12.1. The molecular formula is C33H44ClFN4O4. The first-order valence-electron chi connectivity index (χ1n) is 15.4. The predicted molar refractivity (Wildman–Crippen MR) is 167 cm³/mol. The zero-order valence-corrected chi connectivity index (χ0v) is 26.0. The number of aliphatic hydroxyl groups excluding tert-OH is 1. The molecule has 2 aromatic carbocycles. The van der Waals surface area contributed by atoms with Gasteiger partial charge < -0.3 is 15.3 Å². The van der Waals surface area contributed by atoms with E-state index in [0.717, 1.165) is 44.1 Å². The van der Waals surface area contributed by atoms with E-state index in [4.69, 9.17) is 0 Å². The number of benzene rings is 2. The largest absolute Gasteiger partial charge is 0.390 e. The van der Waals surface area contributed by atoms with Gasteiger partial charge in [-0.2, -0.15) is 0 Å². The molecule has 0 radical (unpaired) electrons. The molecule has 0 aromatic heterocycles. The molecule has 1 aliphatic carbocycles. The van der Waals surface area contributed by atoms with E-state index in [1.165, 1.54) is 19.1 Å². The molecule has 234 valence electrons. The lowest BCUT2D eigenvalue weighted by Gasteiger charge is -2.52. The van der Waals surface area contributed by atoms with Gasteiger partial charge in [-0.25, -0.2) is 4.39 Å². The van der Waals surface area contributed by atoms with Crippen LogP contribution in [0.3, 0.4) is 0 Å². The summed E-state index contributed by atoms with van der Waals surface area (Å²) in [5.74, 6) is -0.725. The predicted octanol–water partition coefficient (Wildman–Crippen LogP) is 4.94. The molecule has 3 amide bonds.